The molecule has 0 radical (unpaired) electrons. The lowest BCUT2D eigenvalue weighted by Gasteiger charge is -2.07. The molecular formula is C15H11FN2O2S. The number of imide groups is 1. The third kappa shape index (κ3) is 2.50. The summed E-state index contributed by atoms with van der Waals surface area (Å²) in [5.41, 5.74) is 1.53. The van der Waals surface area contributed by atoms with Crippen molar-refractivity contribution in [2.75, 3.05) is 7.05 Å². The van der Waals surface area contributed by atoms with Gasteiger partial charge in [-0.25, -0.2) is 4.39 Å². The van der Waals surface area contributed by atoms with Crippen molar-refractivity contribution in [2.24, 2.45) is 0 Å². The van der Waals surface area contributed by atoms with Gasteiger partial charge in [0.05, 0.1) is 4.91 Å². The van der Waals surface area contributed by atoms with E-state index >= 15 is 0 Å². The fourth-order valence-electron chi connectivity index (χ4n) is 2.03. The molecular weight excluding hydrogens is 291 g/mol. The van der Waals surface area contributed by atoms with Gasteiger partial charge in [-0.05, 0) is 54.2 Å². The van der Waals surface area contributed by atoms with E-state index in [0.717, 1.165) is 28.0 Å². The van der Waals surface area contributed by atoms with Crippen LogP contribution in [-0.2, 0) is 4.79 Å². The Labute approximate surface area is 124 Å². The summed E-state index contributed by atoms with van der Waals surface area (Å²) in [7, 11) is 1.46. The molecule has 0 spiro atoms. The first-order chi connectivity index (χ1) is 10.1. The predicted molar refractivity (Wildman–Crippen MR) is 79.5 cm³/mol. The zero-order chi connectivity index (χ0) is 15.0. The number of benzene rings is 1. The van der Waals surface area contributed by atoms with Gasteiger partial charge in [0.1, 0.15) is 5.82 Å². The fraction of sp³-hybridized carbons (Fsp3) is 0.0667. The first kappa shape index (κ1) is 13.6. The number of nitrogens with zero attached hydrogens (tertiary/aromatic N) is 2. The Balaban J connectivity index is 1.99. The number of amides is 2. The molecule has 0 N–H and O–H groups in total. The van der Waals surface area contributed by atoms with E-state index in [4.69, 9.17) is 0 Å². The molecule has 4 nitrogen and oxygen atoms in total. The van der Waals surface area contributed by atoms with Gasteiger partial charge < -0.3 is 4.57 Å². The number of hydrogen-bond acceptors (Lipinski definition) is 3. The summed E-state index contributed by atoms with van der Waals surface area (Å²) in [6.45, 7) is 0. The zero-order valence-electron chi connectivity index (χ0n) is 11.1. The third-order valence-corrected chi connectivity index (χ3v) is 4.11. The molecule has 0 bridgehead atoms. The largest absolute Gasteiger partial charge is 0.317 e. The number of halogens is 1. The molecule has 1 aliphatic heterocycles. The normalized spacial score (nSPS) is 17.0. The Kier molecular flexibility index (Phi) is 3.39. The van der Waals surface area contributed by atoms with Gasteiger partial charge in [0.25, 0.3) is 11.1 Å². The minimum Gasteiger partial charge on any atom is -0.317 e. The van der Waals surface area contributed by atoms with Gasteiger partial charge in [0.2, 0.25) is 0 Å². The summed E-state index contributed by atoms with van der Waals surface area (Å²) in [6, 6.07) is 9.70. The van der Waals surface area contributed by atoms with Gasteiger partial charge in [-0.15, -0.1) is 0 Å². The van der Waals surface area contributed by atoms with Crippen LogP contribution in [0.4, 0.5) is 9.18 Å². The monoisotopic (exact) mass is 302 g/mol. The van der Waals surface area contributed by atoms with Crippen LogP contribution >= 0.6 is 11.8 Å². The summed E-state index contributed by atoms with van der Waals surface area (Å²) >= 11 is 0.912. The van der Waals surface area contributed by atoms with Crippen LogP contribution in [0.2, 0.25) is 0 Å². The van der Waals surface area contributed by atoms with E-state index in [0.29, 0.717) is 4.91 Å². The van der Waals surface area contributed by atoms with E-state index in [-0.39, 0.29) is 17.0 Å². The van der Waals surface area contributed by atoms with E-state index in [1.807, 2.05) is 22.9 Å². The predicted octanol–water partition coefficient (Wildman–Crippen LogP) is 3.28. The molecule has 1 saturated heterocycles. The number of rotatable bonds is 2. The molecule has 1 fully saturated rings. The second kappa shape index (κ2) is 5.21. The average molecular weight is 302 g/mol. The van der Waals surface area contributed by atoms with Crippen LogP contribution in [0.3, 0.4) is 0 Å². The lowest BCUT2D eigenvalue weighted by Crippen LogP contribution is -2.22. The molecule has 0 aliphatic carbocycles. The number of thioether (sulfide) groups is 1. The van der Waals surface area contributed by atoms with Crippen LogP contribution in [0, 0.1) is 5.82 Å². The van der Waals surface area contributed by atoms with Gasteiger partial charge in [-0.3, -0.25) is 14.5 Å². The molecule has 2 amide bonds. The quantitative estimate of drug-likeness (QED) is 0.800. The highest BCUT2D eigenvalue weighted by atomic mass is 32.2. The Morgan fingerprint density at radius 2 is 1.86 bits per heavy atom. The summed E-state index contributed by atoms with van der Waals surface area (Å²) in [5, 5.41) is -0.286. The molecule has 0 unspecified atom stereocenters. The molecule has 0 atom stereocenters. The third-order valence-electron chi connectivity index (χ3n) is 3.15. The lowest BCUT2D eigenvalue weighted by atomic mass is 10.3. The van der Waals surface area contributed by atoms with Crippen molar-refractivity contribution >= 4 is 29.0 Å². The van der Waals surface area contributed by atoms with E-state index in [1.165, 1.54) is 19.2 Å². The highest BCUT2D eigenvalue weighted by molar-refractivity contribution is 8.18. The van der Waals surface area contributed by atoms with E-state index in [9.17, 15) is 14.0 Å². The van der Waals surface area contributed by atoms with Crippen LogP contribution in [0.15, 0.2) is 47.5 Å². The van der Waals surface area contributed by atoms with Crippen molar-refractivity contribution < 1.29 is 14.0 Å². The summed E-state index contributed by atoms with van der Waals surface area (Å²) in [4.78, 5) is 24.9. The Morgan fingerprint density at radius 3 is 2.48 bits per heavy atom. The van der Waals surface area contributed by atoms with Crippen molar-refractivity contribution in [3.05, 3.63) is 59.0 Å². The van der Waals surface area contributed by atoms with Gasteiger partial charge in [-0.1, -0.05) is 0 Å². The summed E-state index contributed by atoms with van der Waals surface area (Å²) in [6.07, 6.45) is 3.48. The molecule has 106 valence electrons. The Bertz CT molecular complexity index is 749. The molecule has 0 saturated carbocycles. The van der Waals surface area contributed by atoms with Crippen LogP contribution in [0.1, 0.15) is 5.69 Å². The molecule has 1 aromatic heterocycles. The second-order valence-corrected chi connectivity index (χ2v) is 5.51. The molecule has 21 heavy (non-hydrogen) atoms. The highest BCUT2D eigenvalue weighted by Gasteiger charge is 2.31. The number of carbonyl (C=O) groups excluding carboxylic acids is 2. The number of aromatic nitrogens is 1. The first-order valence-electron chi connectivity index (χ1n) is 6.21. The average Bonchev–Trinajstić information content (AvgIpc) is 3.02. The Hall–Kier alpha value is -2.34. The van der Waals surface area contributed by atoms with Crippen molar-refractivity contribution in [3.63, 3.8) is 0 Å². The second-order valence-electron chi connectivity index (χ2n) is 4.52. The topological polar surface area (TPSA) is 42.3 Å². The van der Waals surface area contributed by atoms with Gasteiger partial charge in [-0.2, -0.15) is 0 Å². The zero-order valence-corrected chi connectivity index (χ0v) is 11.9. The van der Waals surface area contributed by atoms with E-state index in [2.05, 4.69) is 0 Å². The van der Waals surface area contributed by atoms with Gasteiger partial charge >= 0.3 is 0 Å². The fourth-order valence-corrected chi connectivity index (χ4v) is 2.84. The molecule has 6 heteroatoms. The molecule has 2 heterocycles. The van der Waals surface area contributed by atoms with E-state index in [1.54, 1.807) is 18.2 Å². The molecule has 2 aromatic rings. The number of likely N-dealkylation sites (N-methyl/N-ethyl adjacent to an activating group) is 1. The number of carbonyl (C=O) groups is 2. The lowest BCUT2D eigenvalue weighted by molar-refractivity contribution is -0.121. The van der Waals surface area contributed by atoms with Crippen LogP contribution < -0.4 is 0 Å². The summed E-state index contributed by atoms with van der Waals surface area (Å²) in [5.74, 6) is -0.614. The highest BCUT2D eigenvalue weighted by Crippen LogP contribution is 2.31. The smallest absolute Gasteiger partial charge is 0.293 e. The maximum atomic E-state index is 13.0. The van der Waals surface area contributed by atoms with Crippen LogP contribution in [0.5, 0.6) is 0 Å². The first-order valence-corrected chi connectivity index (χ1v) is 7.03. The Morgan fingerprint density at radius 1 is 1.14 bits per heavy atom. The van der Waals surface area contributed by atoms with Gasteiger partial charge in [0, 0.05) is 24.6 Å². The SMILES string of the molecule is CN1C(=O)SC(=Cc2cccn2-c2ccc(F)cc2)C1=O. The number of hydrogen-bond donors (Lipinski definition) is 0. The van der Waals surface area contributed by atoms with E-state index < -0.39 is 0 Å². The maximum Gasteiger partial charge on any atom is 0.293 e. The van der Waals surface area contributed by atoms with Crippen molar-refractivity contribution in [2.45, 2.75) is 0 Å². The van der Waals surface area contributed by atoms with Gasteiger partial charge in [0.15, 0.2) is 0 Å². The van der Waals surface area contributed by atoms with Crippen LogP contribution in [0.25, 0.3) is 11.8 Å². The van der Waals surface area contributed by atoms with Crippen molar-refractivity contribution in [1.82, 2.24) is 9.47 Å². The maximum absolute atomic E-state index is 13.0. The van der Waals surface area contributed by atoms with Crippen molar-refractivity contribution in [3.8, 4) is 5.69 Å². The summed E-state index contributed by atoms with van der Waals surface area (Å²) < 4.78 is 14.8. The molecule has 1 aromatic carbocycles. The minimum atomic E-state index is -0.308. The van der Waals surface area contributed by atoms with Crippen molar-refractivity contribution in [1.29, 1.82) is 0 Å². The molecule has 1 aliphatic rings. The minimum absolute atomic E-state index is 0.286. The molecule has 3 rings (SSSR count). The standard InChI is InChI=1S/C15H11FN2O2S/c1-17-14(19)13(21-15(17)20)9-12-3-2-8-18(12)11-6-4-10(16)5-7-11/h2-9H,1H3. The van der Waals surface area contributed by atoms with Crippen LogP contribution in [-0.4, -0.2) is 27.7 Å².